The molecule has 0 saturated heterocycles. The second-order valence-corrected chi connectivity index (χ2v) is 6.97. The van der Waals surface area contributed by atoms with Crippen molar-refractivity contribution in [1.29, 1.82) is 0 Å². The topological polar surface area (TPSA) is 83.6 Å². The Kier molecular flexibility index (Phi) is 3.92. The van der Waals surface area contributed by atoms with Crippen LogP contribution in [0.3, 0.4) is 0 Å². The second kappa shape index (κ2) is 5.34. The highest BCUT2D eigenvalue weighted by atomic mass is 79.9. The number of hydrogen-bond donors (Lipinski definition) is 2. The summed E-state index contributed by atoms with van der Waals surface area (Å²) in [6.07, 6.45) is 0. The van der Waals surface area contributed by atoms with Gasteiger partial charge in [-0.25, -0.2) is 8.42 Å². The van der Waals surface area contributed by atoms with Crippen LogP contribution in [-0.2, 0) is 10.0 Å². The van der Waals surface area contributed by atoms with E-state index in [4.69, 9.17) is 5.73 Å². The maximum Gasteiger partial charge on any atom is 0.265 e. The molecule has 0 fully saturated rings. The first-order chi connectivity index (χ1) is 9.32. The minimum absolute atomic E-state index is 0.0770. The summed E-state index contributed by atoms with van der Waals surface area (Å²) in [5.41, 5.74) is 6.53. The van der Waals surface area contributed by atoms with E-state index in [1.54, 1.807) is 0 Å². The predicted molar refractivity (Wildman–Crippen MR) is 82.3 cm³/mol. The molecule has 2 rings (SSSR count). The van der Waals surface area contributed by atoms with E-state index in [0.717, 1.165) is 4.31 Å². The fourth-order valence-corrected chi connectivity index (χ4v) is 3.92. The van der Waals surface area contributed by atoms with Gasteiger partial charge in [0.05, 0.1) is 5.69 Å². The third-order valence-electron chi connectivity index (χ3n) is 2.81. The SMILES string of the molecule is CN(c1ccc(O)cc1)S(=O)(=O)c1ccc(N)cc1Br. The van der Waals surface area contributed by atoms with Crippen LogP contribution in [0.25, 0.3) is 0 Å². The van der Waals surface area contributed by atoms with Crippen molar-refractivity contribution in [3.63, 3.8) is 0 Å². The van der Waals surface area contributed by atoms with E-state index in [9.17, 15) is 13.5 Å². The number of nitrogens with zero attached hydrogens (tertiary/aromatic N) is 1. The zero-order chi connectivity index (χ0) is 14.9. The van der Waals surface area contributed by atoms with Crippen LogP contribution in [-0.4, -0.2) is 20.6 Å². The van der Waals surface area contributed by atoms with Gasteiger partial charge in [-0.15, -0.1) is 0 Å². The molecule has 0 amide bonds. The van der Waals surface area contributed by atoms with Gasteiger partial charge in [0, 0.05) is 17.2 Å². The van der Waals surface area contributed by atoms with Gasteiger partial charge < -0.3 is 10.8 Å². The van der Waals surface area contributed by atoms with Crippen molar-refractivity contribution in [2.75, 3.05) is 17.1 Å². The van der Waals surface area contributed by atoms with E-state index in [2.05, 4.69) is 15.9 Å². The number of benzene rings is 2. The molecule has 106 valence electrons. The first kappa shape index (κ1) is 14.7. The quantitative estimate of drug-likeness (QED) is 0.827. The Bertz CT molecular complexity index is 730. The Labute approximate surface area is 125 Å². The smallest absolute Gasteiger partial charge is 0.265 e. The van der Waals surface area contributed by atoms with Crippen molar-refractivity contribution in [3.8, 4) is 5.75 Å². The van der Waals surface area contributed by atoms with Crippen LogP contribution in [0.15, 0.2) is 51.8 Å². The predicted octanol–water partition coefficient (Wildman–Crippen LogP) is 2.56. The zero-order valence-electron chi connectivity index (χ0n) is 10.6. The van der Waals surface area contributed by atoms with Gasteiger partial charge in [-0.05, 0) is 58.4 Å². The number of hydrogen-bond acceptors (Lipinski definition) is 4. The van der Waals surface area contributed by atoms with Crippen LogP contribution >= 0.6 is 15.9 Å². The molecular weight excluding hydrogens is 344 g/mol. The Morgan fingerprint density at radius 3 is 2.30 bits per heavy atom. The van der Waals surface area contributed by atoms with Crippen molar-refractivity contribution in [2.24, 2.45) is 0 Å². The standard InChI is InChI=1S/C13H13BrN2O3S/c1-16(10-3-5-11(17)6-4-10)20(18,19)13-7-2-9(15)8-12(13)14/h2-8,17H,15H2,1H3. The molecule has 2 aromatic carbocycles. The Balaban J connectivity index is 2.46. The number of aromatic hydroxyl groups is 1. The lowest BCUT2D eigenvalue weighted by Gasteiger charge is -2.20. The minimum atomic E-state index is -3.70. The normalized spacial score (nSPS) is 11.3. The molecule has 0 aliphatic heterocycles. The summed E-state index contributed by atoms with van der Waals surface area (Å²) < 4.78 is 26.6. The third-order valence-corrected chi connectivity index (χ3v) is 5.57. The summed E-state index contributed by atoms with van der Waals surface area (Å²) >= 11 is 3.21. The lowest BCUT2D eigenvalue weighted by atomic mass is 10.3. The molecule has 7 heteroatoms. The van der Waals surface area contributed by atoms with E-state index in [1.807, 2.05) is 0 Å². The Morgan fingerprint density at radius 2 is 1.75 bits per heavy atom. The molecule has 0 aliphatic carbocycles. The lowest BCUT2D eigenvalue weighted by molar-refractivity contribution is 0.475. The molecule has 0 unspecified atom stereocenters. The number of sulfonamides is 1. The van der Waals surface area contributed by atoms with E-state index < -0.39 is 10.0 Å². The number of rotatable bonds is 3. The van der Waals surface area contributed by atoms with Crippen LogP contribution in [0, 0.1) is 0 Å². The van der Waals surface area contributed by atoms with Gasteiger partial charge in [0.15, 0.2) is 0 Å². The highest BCUT2D eigenvalue weighted by Crippen LogP contribution is 2.29. The first-order valence-corrected chi connectivity index (χ1v) is 7.88. The summed E-state index contributed by atoms with van der Waals surface area (Å²) in [5, 5.41) is 9.24. The van der Waals surface area contributed by atoms with Crippen LogP contribution < -0.4 is 10.0 Å². The van der Waals surface area contributed by atoms with Gasteiger partial charge in [-0.3, -0.25) is 4.31 Å². The molecule has 0 heterocycles. The minimum Gasteiger partial charge on any atom is -0.508 e. The monoisotopic (exact) mass is 356 g/mol. The summed E-state index contributed by atoms with van der Waals surface area (Å²) in [5.74, 6) is 0.0770. The Hall–Kier alpha value is -1.73. The molecule has 5 nitrogen and oxygen atoms in total. The number of phenols is 1. The fraction of sp³-hybridized carbons (Fsp3) is 0.0769. The summed E-state index contributed by atoms with van der Waals surface area (Å²) in [6, 6.07) is 10.4. The van der Waals surface area contributed by atoms with Crippen LogP contribution in [0.2, 0.25) is 0 Å². The molecule has 0 bridgehead atoms. The highest BCUT2D eigenvalue weighted by Gasteiger charge is 2.23. The van der Waals surface area contributed by atoms with Gasteiger partial charge in [0.2, 0.25) is 0 Å². The van der Waals surface area contributed by atoms with E-state index >= 15 is 0 Å². The second-order valence-electron chi connectivity index (χ2n) is 4.18. The number of nitrogens with two attached hydrogens (primary N) is 1. The highest BCUT2D eigenvalue weighted by molar-refractivity contribution is 9.10. The number of anilines is 2. The van der Waals surface area contributed by atoms with Crippen molar-refractivity contribution in [2.45, 2.75) is 4.90 Å². The number of halogens is 1. The van der Waals surface area contributed by atoms with Crippen LogP contribution in [0.5, 0.6) is 5.75 Å². The average molecular weight is 357 g/mol. The van der Waals surface area contributed by atoms with E-state index in [0.29, 0.717) is 15.8 Å². The fourth-order valence-electron chi connectivity index (χ4n) is 1.68. The zero-order valence-corrected chi connectivity index (χ0v) is 13.0. The Morgan fingerprint density at radius 1 is 1.15 bits per heavy atom. The van der Waals surface area contributed by atoms with Gasteiger partial charge in [0.25, 0.3) is 10.0 Å². The summed E-state index contributed by atoms with van der Waals surface area (Å²) in [4.78, 5) is 0.127. The van der Waals surface area contributed by atoms with E-state index in [-0.39, 0.29) is 10.6 Å². The largest absolute Gasteiger partial charge is 0.508 e. The lowest BCUT2D eigenvalue weighted by Crippen LogP contribution is -2.26. The van der Waals surface area contributed by atoms with Gasteiger partial charge >= 0.3 is 0 Å². The summed E-state index contributed by atoms with van der Waals surface area (Å²) in [7, 11) is -2.25. The van der Waals surface area contributed by atoms with Crippen molar-refractivity contribution >= 4 is 37.3 Å². The molecule has 0 saturated carbocycles. The van der Waals surface area contributed by atoms with Crippen molar-refractivity contribution < 1.29 is 13.5 Å². The molecule has 0 radical (unpaired) electrons. The van der Waals surface area contributed by atoms with Crippen molar-refractivity contribution in [1.82, 2.24) is 0 Å². The molecule has 2 aromatic rings. The molecule has 0 spiro atoms. The molecule has 0 aliphatic rings. The molecule has 3 N–H and O–H groups in total. The van der Waals surface area contributed by atoms with Gasteiger partial charge in [-0.2, -0.15) is 0 Å². The van der Waals surface area contributed by atoms with Gasteiger partial charge in [-0.1, -0.05) is 0 Å². The molecule has 20 heavy (non-hydrogen) atoms. The molecule has 0 aromatic heterocycles. The maximum atomic E-state index is 12.5. The third kappa shape index (κ3) is 2.73. The van der Waals surface area contributed by atoms with Gasteiger partial charge in [0.1, 0.15) is 10.6 Å². The maximum absolute atomic E-state index is 12.5. The molecule has 0 atom stereocenters. The molecular formula is C13H13BrN2O3S. The van der Waals surface area contributed by atoms with Crippen molar-refractivity contribution in [3.05, 3.63) is 46.9 Å². The average Bonchev–Trinajstić information content (AvgIpc) is 2.38. The number of nitrogen functional groups attached to an aromatic ring is 1. The number of phenolic OH excluding ortho intramolecular Hbond substituents is 1. The summed E-state index contributed by atoms with van der Waals surface area (Å²) in [6.45, 7) is 0. The van der Waals surface area contributed by atoms with Crippen LogP contribution in [0.4, 0.5) is 11.4 Å². The van der Waals surface area contributed by atoms with E-state index in [1.165, 1.54) is 49.5 Å². The van der Waals surface area contributed by atoms with Crippen LogP contribution in [0.1, 0.15) is 0 Å². The first-order valence-electron chi connectivity index (χ1n) is 5.65.